The van der Waals surface area contributed by atoms with Crippen LogP contribution in [0.25, 0.3) is 0 Å². The lowest BCUT2D eigenvalue weighted by Crippen LogP contribution is -2.46. The number of aromatic amines is 1. The van der Waals surface area contributed by atoms with Crippen LogP contribution in [-0.2, 0) is 0 Å². The van der Waals surface area contributed by atoms with Crippen molar-refractivity contribution < 1.29 is 0 Å². The van der Waals surface area contributed by atoms with E-state index in [1.54, 1.807) is 6.33 Å². The monoisotopic (exact) mass is 317 g/mol. The van der Waals surface area contributed by atoms with Crippen molar-refractivity contribution in [3.63, 3.8) is 0 Å². The summed E-state index contributed by atoms with van der Waals surface area (Å²) in [5.74, 6) is 2.79. The van der Waals surface area contributed by atoms with E-state index in [2.05, 4.69) is 25.4 Å². The van der Waals surface area contributed by atoms with E-state index in [9.17, 15) is 0 Å². The van der Waals surface area contributed by atoms with Crippen molar-refractivity contribution in [1.82, 2.24) is 25.4 Å². The van der Waals surface area contributed by atoms with Crippen LogP contribution >= 0.6 is 0 Å². The lowest BCUT2D eigenvalue weighted by Gasteiger charge is -2.37. The summed E-state index contributed by atoms with van der Waals surface area (Å²) >= 11 is 0. The minimum absolute atomic E-state index is 0.373. The number of nitrogens with one attached hydrogen (secondary N) is 2. The van der Waals surface area contributed by atoms with Gasteiger partial charge in [-0.1, -0.05) is 19.3 Å². The Balaban J connectivity index is 1.33. The fourth-order valence-electron chi connectivity index (χ4n) is 4.47. The number of hydrogen-bond acceptors (Lipinski definition) is 4. The van der Waals surface area contributed by atoms with Crippen LogP contribution in [0.3, 0.4) is 0 Å². The molecule has 23 heavy (non-hydrogen) atoms. The maximum atomic E-state index is 4.48. The molecule has 1 aromatic rings. The van der Waals surface area contributed by atoms with Gasteiger partial charge in [0.05, 0.1) is 6.04 Å². The van der Waals surface area contributed by atoms with Crippen molar-refractivity contribution in [2.45, 2.75) is 69.9 Å². The van der Waals surface area contributed by atoms with Gasteiger partial charge in [-0.3, -0.25) is 5.10 Å². The molecule has 1 aliphatic heterocycles. The van der Waals surface area contributed by atoms with Crippen molar-refractivity contribution in [1.29, 1.82) is 0 Å². The Morgan fingerprint density at radius 1 is 1.09 bits per heavy atom. The molecule has 2 aliphatic carbocycles. The van der Waals surface area contributed by atoms with Gasteiger partial charge in [-0.15, -0.1) is 0 Å². The van der Waals surface area contributed by atoms with Crippen LogP contribution in [0.15, 0.2) is 6.33 Å². The van der Waals surface area contributed by atoms with Crippen molar-refractivity contribution in [2.75, 3.05) is 19.6 Å². The molecule has 1 unspecified atom stereocenters. The van der Waals surface area contributed by atoms with E-state index in [-0.39, 0.29) is 0 Å². The lowest BCUT2D eigenvalue weighted by atomic mass is 9.83. The van der Waals surface area contributed by atoms with Crippen LogP contribution in [0, 0.1) is 11.8 Å². The van der Waals surface area contributed by atoms with Gasteiger partial charge < -0.3 is 10.2 Å². The Morgan fingerprint density at radius 2 is 1.87 bits per heavy atom. The van der Waals surface area contributed by atoms with Crippen LogP contribution in [0.2, 0.25) is 0 Å². The zero-order chi connectivity index (χ0) is 15.5. The van der Waals surface area contributed by atoms with Crippen LogP contribution < -0.4 is 5.32 Å². The second-order valence-corrected chi connectivity index (χ2v) is 7.93. The number of piperidine rings is 1. The normalized spacial score (nSPS) is 26.4. The highest BCUT2D eigenvalue weighted by Crippen LogP contribution is 2.34. The van der Waals surface area contributed by atoms with E-state index in [0.29, 0.717) is 12.1 Å². The minimum Gasteiger partial charge on any atom is -0.304 e. The van der Waals surface area contributed by atoms with Crippen molar-refractivity contribution >= 4 is 0 Å². The van der Waals surface area contributed by atoms with E-state index in [1.807, 2.05) is 0 Å². The van der Waals surface area contributed by atoms with Crippen molar-refractivity contribution in [2.24, 2.45) is 11.8 Å². The number of likely N-dealkylation sites (tertiary alicyclic amines) is 1. The molecule has 2 N–H and O–H groups in total. The standard InChI is InChI=1S/C18H31N5/c1-2-4-15(5-3-1)17(18-19-13-20-22-18)21-16-8-10-23(11-9-16)12-14-6-7-14/h13-17,21H,1-12H2,(H,19,20,22). The molecule has 2 saturated carbocycles. The second-order valence-electron chi connectivity index (χ2n) is 7.93. The smallest absolute Gasteiger partial charge is 0.141 e. The molecular weight excluding hydrogens is 286 g/mol. The average Bonchev–Trinajstić information content (AvgIpc) is 3.25. The molecule has 0 aromatic carbocycles. The average molecular weight is 317 g/mol. The van der Waals surface area contributed by atoms with Crippen LogP contribution in [-0.4, -0.2) is 45.8 Å². The summed E-state index contributed by atoms with van der Waals surface area (Å²) < 4.78 is 0. The third-order valence-electron chi connectivity index (χ3n) is 6.07. The van der Waals surface area contributed by atoms with E-state index >= 15 is 0 Å². The Labute approximate surface area is 139 Å². The number of hydrogen-bond donors (Lipinski definition) is 2. The molecule has 0 radical (unpaired) electrons. The fourth-order valence-corrected chi connectivity index (χ4v) is 4.47. The molecule has 0 bridgehead atoms. The van der Waals surface area contributed by atoms with Gasteiger partial charge in [0.25, 0.3) is 0 Å². The Bertz CT molecular complexity index is 456. The Kier molecular flexibility index (Phi) is 4.95. The van der Waals surface area contributed by atoms with Crippen LogP contribution in [0.4, 0.5) is 0 Å². The predicted molar refractivity (Wildman–Crippen MR) is 91.0 cm³/mol. The maximum absolute atomic E-state index is 4.48. The number of rotatable bonds is 6. The summed E-state index contributed by atoms with van der Waals surface area (Å²) in [4.78, 5) is 7.16. The van der Waals surface area contributed by atoms with Crippen molar-refractivity contribution in [3.05, 3.63) is 12.2 Å². The molecule has 3 fully saturated rings. The van der Waals surface area contributed by atoms with Crippen molar-refractivity contribution in [3.8, 4) is 0 Å². The van der Waals surface area contributed by atoms with Gasteiger partial charge in [0.1, 0.15) is 12.2 Å². The Morgan fingerprint density at radius 3 is 2.52 bits per heavy atom. The minimum atomic E-state index is 0.373. The molecule has 0 spiro atoms. The van der Waals surface area contributed by atoms with Gasteiger partial charge >= 0.3 is 0 Å². The quantitative estimate of drug-likeness (QED) is 0.847. The van der Waals surface area contributed by atoms with Crippen LogP contribution in [0.1, 0.15) is 69.7 Å². The first-order valence-corrected chi connectivity index (χ1v) is 9.72. The summed E-state index contributed by atoms with van der Waals surface area (Å²) in [5, 5.41) is 11.2. The first-order chi connectivity index (χ1) is 11.4. The lowest BCUT2D eigenvalue weighted by molar-refractivity contribution is 0.165. The highest BCUT2D eigenvalue weighted by Gasteiger charge is 2.31. The topological polar surface area (TPSA) is 56.8 Å². The van der Waals surface area contributed by atoms with E-state index in [4.69, 9.17) is 0 Å². The molecule has 128 valence electrons. The predicted octanol–water partition coefficient (Wildman–Crippen LogP) is 2.89. The van der Waals surface area contributed by atoms with E-state index < -0.39 is 0 Å². The fraction of sp³-hybridized carbons (Fsp3) is 0.889. The van der Waals surface area contributed by atoms with Crippen LogP contribution in [0.5, 0.6) is 0 Å². The molecule has 4 rings (SSSR count). The third-order valence-corrected chi connectivity index (χ3v) is 6.07. The zero-order valence-corrected chi connectivity index (χ0v) is 14.2. The maximum Gasteiger partial charge on any atom is 0.141 e. The molecule has 5 heteroatoms. The van der Waals surface area contributed by atoms with Gasteiger partial charge in [-0.25, -0.2) is 4.98 Å². The summed E-state index contributed by atoms with van der Waals surface area (Å²) in [7, 11) is 0. The first kappa shape index (κ1) is 15.6. The number of aromatic nitrogens is 3. The molecule has 1 aromatic heterocycles. The molecule has 1 atom stereocenters. The van der Waals surface area contributed by atoms with Gasteiger partial charge in [-0.2, -0.15) is 5.10 Å². The summed E-state index contributed by atoms with van der Waals surface area (Å²) in [6.07, 6.45) is 14.0. The highest BCUT2D eigenvalue weighted by atomic mass is 15.2. The molecular formula is C18H31N5. The van der Waals surface area contributed by atoms with Gasteiger partial charge in [0.15, 0.2) is 0 Å². The SMILES string of the molecule is c1n[nH]c(C(NC2CCN(CC3CC3)CC2)C2CCCCC2)n1. The Hall–Kier alpha value is -0.940. The second kappa shape index (κ2) is 7.31. The highest BCUT2D eigenvalue weighted by molar-refractivity contribution is 4.98. The summed E-state index contributed by atoms with van der Waals surface area (Å²) in [6.45, 7) is 3.88. The van der Waals surface area contributed by atoms with Gasteiger partial charge in [-0.05, 0) is 63.5 Å². The number of nitrogens with zero attached hydrogens (tertiary/aromatic N) is 3. The van der Waals surface area contributed by atoms with Gasteiger partial charge in [0.2, 0.25) is 0 Å². The van der Waals surface area contributed by atoms with E-state index in [1.165, 1.54) is 77.4 Å². The molecule has 5 nitrogen and oxygen atoms in total. The first-order valence-electron chi connectivity index (χ1n) is 9.72. The molecule has 3 aliphatic rings. The summed E-state index contributed by atoms with van der Waals surface area (Å²) in [5.41, 5.74) is 0. The van der Waals surface area contributed by atoms with Gasteiger partial charge in [0, 0.05) is 12.6 Å². The summed E-state index contributed by atoms with van der Waals surface area (Å²) in [6, 6.07) is 1.01. The molecule has 2 heterocycles. The number of H-pyrrole nitrogens is 1. The molecule has 1 saturated heterocycles. The van der Waals surface area contributed by atoms with E-state index in [0.717, 1.165) is 17.7 Å². The third kappa shape index (κ3) is 4.13. The zero-order valence-electron chi connectivity index (χ0n) is 14.2. The molecule has 0 amide bonds. The largest absolute Gasteiger partial charge is 0.304 e.